The van der Waals surface area contributed by atoms with E-state index in [4.69, 9.17) is 0 Å². The third-order valence-corrected chi connectivity index (χ3v) is 3.12. The summed E-state index contributed by atoms with van der Waals surface area (Å²) in [6, 6.07) is 0. The SMILES string of the molecule is CC(C)(C)C1CCC(C(F)(F)F)C1. The highest BCUT2D eigenvalue weighted by Crippen LogP contribution is 2.47. The molecule has 3 heteroatoms. The first-order chi connectivity index (χ1) is 5.71. The summed E-state index contributed by atoms with van der Waals surface area (Å²) in [6.45, 7) is 6.07. The molecule has 1 saturated carbocycles. The molecule has 1 aliphatic rings. The number of rotatable bonds is 0. The molecule has 0 amide bonds. The second-order valence-electron chi connectivity index (χ2n) is 5.11. The summed E-state index contributed by atoms with van der Waals surface area (Å²) in [5.74, 6) is -0.809. The van der Waals surface area contributed by atoms with Crippen LogP contribution in [0.4, 0.5) is 13.2 Å². The molecule has 0 saturated heterocycles. The average Bonchev–Trinajstić information content (AvgIpc) is 2.28. The Morgan fingerprint density at radius 2 is 1.38 bits per heavy atom. The fourth-order valence-corrected chi connectivity index (χ4v) is 2.07. The van der Waals surface area contributed by atoms with Crippen LogP contribution in [-0.4, -0.2) is 6.18 Å². The lowest BCUT2D eigenvalue weighted by molar-refractivity contribution is -0.173. The van der Waals surface area contributed by atoms with Crippen LogP contribution in [0.2, 0.25) is 0 Å². The first kappa shape index (κ1) is 10.9. The first-order valence-corrected chi connectivity index (χ1v) is 4.78. The highest BCUT2D eigenvalue weighted by atomic mass is 19.4. The fourth-order valence-electron chi connectivity index (χ4n) is 2.07. The van der Waals surface area contributed by atoms with Crippen LogP contribution < -0.4 is 0 Å². The van der Waals surface area contributed by atoms with Gasteiger partial charge in [-0.3, -0.25) is 0 Å². The van der Waals surface area contributed by atoms with Gasteiger partial charge in [-0.05, 0) is 30.6 Å². The minimum absolute atomic E-state index is 0.0278. The molecule has 78 valence electrons. The first-order valence-electron chi connectivity index (χ1n) is 4.78. The van der Waals surface area contributed by atoms with Crippen molar-refractivity contribution in [2.75, 3.05) is 0 Å². The molecule has 0 N–H and O–H groups in total. The van der Waals surface area contributed by atoms with Gasteiger partial charge in [-0.15, -0.1) is 0 Å². The lowest BCUT2D eigenvalue weighted by Gasteiger charge is -2.27. The number of hydrogen-bond donors (Lipinski definition) is 0. The summed E-state index contributed by atoms with van der Waals surface area (Å²) < 4.78 is 37.0. The summed E-state index contributed by atoms with van der Waals surface area (Å²) in [5.41, 5.74) is 0.0278. The molecule has 1 rings (SSSR count). The quantitative estimate of drug-likeness (QED) is 0.546. The molecule has 2 unspecified atom stereocenters. The van der Waals surface area contributed by atoms with Crippen molar-refractivity contribution < 1.29 is 13.2 Å². The molecular formula is C10H17F3. The van der Waals surface area contributed by atoms with E-state index in [2.05, 4.69) is 0 Å². The largest absolute Gasteiger partial charge is 0.391 e. The third-order valence-electron chi connectivity index (χ3n) is 3.12. The number of halogens is 3. The van der Waals surface area contributed by atoms with Crippen molar-refractivity contribution in [3.63, 3.8) is 0 Å². The predicted octanol–water partition coefficient (Wildman–Crippen LogP) is 4.01. The van der Waals surface area contributed by atoms with Crippen LogP contribution in [0.25, 0.3) is 0 Å². The van der Waals surface area contributed by atoms with Crippen molar-refractivity contribution in [1.29, 1.82) is 0 Å². The maximum Gasteiger partial charge on any atom is 0.391 e. The van der Waals surface area contributed by atoms with Crippen molar-refractivity contribution >= 4 is 0 Å². The molecule has 0 radical (unpaired) electrons. The van der Waals surface area contributed by atoms with Crippen LogP contribution >= 0.6 is 0 Å². The van der Waals surface area contributed by atoms with Crippen molar-refractivity contribution in [2.24, 2.45) is 17.3 Å². The van der Waals surface area contributed by atoms with Gasteiger partial charge < -0.3 is 0 Å². The Hall–Kier alpha value is -0.210. The zero-order chi connectivity index (χ0) is 10.3. The van der Waals surface area contributed by atoms with Crippen LogP contribution in [0.3, 0.4) is 0 Å². The molecule has 0 aromatic carbocycles. The van der Waals surface area contributed by atoms with Crippen molar-refractivity contribution in [1.82, 2.24) is 0 Å². The van der Waals surface area contributed by atoms with Crippen LogP contribution in [-0.2, 0) is 0 Å². The van der Waals surface area contributed by atoms with E-state index in [1.165, 1.54) is 0 Å². The molecule has 0 heterocycles. The summed E-state index contributed by atoms with van der Waals surface area (Å²) in [6.07, 6.45) is -2.59. The molecule has 1 fully saturated rings. The van der Waals surface area contributed by atoms with Gasteiger partial charge in [0, 0.05) is 0 Å². The molecule has 0 spiro atoms. The Bertz CT molecular complexity index is 156. The van der Waals surface area contributed by atoms with E-state index in [1.807, 2.05) is 20.8 Å². The van der Waals surface area contributed by atoms with Gasteiger partial charge in [0.05, 0.1) is 5.92 Å². The minimum atomic E-state index is -3.97. The highest BCUT2D eigenvalue weighted by Gasteiger charge is 2.46. The smallest absolute Gasteiger partial charge is 0.171 e. The van der Waals surface area contributed by atoms with Gasteiger partial charge in [-0.25, -0.2) is 0 Å². The van der Waals surface area contributed by atoms with Gasteiger partial charge in [0.15, 0.2) is 0 Å². The minimum Gasteiger partial charge on any atom is -0.171 e. The zero-order valence-electron chi connectivity index (χ0n) is 8.41. The van der Waals surface area contributed by atoms with Gasteiger partial charge in [0.1, 0.15) is 0 Å². The molecule has 0 aromatic rings. The Morgan fingerprint density at radius 1 is 0.923 bits per heavy atom. The fraction of sp³-hybridized carbons (Fsp3) is 1.00. The molecule has 13 heavy (non-hydrogen) atoms. The lowest BCUT2D eigenvalue weighted by atomic mass is 9.79. The molecule has 0 aliphatic heterocycles. The summed E-state index contributed by atoms with van der Waals surface area (Å²) in [5, 5.41) is 0. The van der Waals surface area contributed by atoms with E-state index >= 15 is 0 Å². The lowest BCUT2D eigenvalue weighted by Crippen LogP contribution is -2.23. The topological polar surface area (TPSA) is 0 Å². The Labute approximate surface area is 77.5 Å². The second-order valence-corrected chi connectivity index (χ2v) is 5.11. The van der Waals surface area contributed by atoms with E-state index in [0.717, 1.165) is 6.42 Å². The molecule has 0 bridgehead atoms. The van der Waals surface area contributed by atoms with Gasteiger partial charge in [0.25, 0.3) is 0 Å². The third kappa shape index (κ3) is 2.61. The van der Waals surface area contributed by atoms with E-state index in [0.29, 0.717) is 12.8 Å². The number of hydrogen-bond acceptors (Lipinski definition) is 0. The second kappa shape index (κ2) is 3.18. The average molecular weight is 194 g/mol. The van der Waals surface area contributed by atoms with Crippen LogP contribution in [0.1, 0.15) is 40.0 Å². The van der Waals surface area contributed by atoms with Crippen LogP contribution in [0.5, 0.6) is 0 Å². The maximum atomic E-state index is 12.3. The van der Waals surface area contributed by atoms with Crippen molar-refractivity contribution in [3.8, 4) is 0 Å². The standard InChI is InChI=1S/C10H17F3/c1-9(2,3)7-4-5-8(6-7)10(11,12)13/h7-8H,4-6H2,1-3H3. The molecule has 0 aromatic heterocycles. The monoisotopic (exact) mass is 194 g/mol. The maximum absolute atomic E-state index is 12.3. The van der Waals surface area contributed by atoms with E-state index in [-0.39, 0.29) is 11.3 Å². The Kier molecular flexibility index (Phi) is 2.65. The van der Waals surface area contributed by atoms with E-state index < -0.39 is 12.1 Å². The number of alkyl halides is 3. The molecular weight excluding hydrogens is 177 g/mol. The molecule has 2 atom stereocenters. The van der Waals surface area contributed by atoms with Gasteiger partial charge in [-0.1, -0.05) is 20.8 Å². The molecule has 1 aliphatic carbocycles. The Morgan fingerprint density at radius 3 is 1.62 bits per heavy atom. The summed E-state index contributed by atoms with van der Waals surface area (Å²) in [7, 11) is 0. The van der Waals surface area contributed by atoms with Gasteiger partial charge in [-0.2, -0.15) is 13.2 Å². The van der Waals surface area contributed by atoms with Gasteiger partial charge >= 0.3 is 6.18 Å². The summed E-state index contributed by atoms with van der Waals surface area (Å²) >= 11 is 0. The van der Waals surface area contributed by atoms with Crippen molar-refractivity contribution in [3.05, 3.63) is 0 Å². The van der Waals surface area contributed by atoms with Crippen molar-refractivity contribution in [2.45, 2.75) is 46.2 Å². The molecule has 0 nitrogen and oxygen atoms in total. The van der Waals surface area contributed by atoms with Crippen LogP contribution in [0, 0.1) is 17.3 Å². The van der Waals surface area contributed by atoms with Gasteiger partial charge in [0.2, 0.25) is 0 Å². The zero-order valence-corrected chi connectivity index (χ0v) is 8.41. The summed E-state index contributed by atoms with van der Waals surface area (Å²) in [4.78, 5) is 0. The normalized spacial score (nSPS) is 30.9. The van der Waals surface area contributed by atoms with E-state index in [1.54, 1.807) is 0 Å². The van der Waals surface area contributed by atoms with Crippen LogP contribution in [0.15, 0.2) is 0 Å². The Balaban J connectivity index is 2.55. The highest BCUT2D eigenvalue weighted by molar-refractivity contribution is 4.86. The predicted molar refractivity (Wildman–Crippen MR) is 46.3 cm³/mol. The van der Waals surface area contributed by atoms with E-state index in [9.17, 15) is 13.2 Å².